The third-order valence-electron chi connectivity index (χ3n) is 16.6. The Morgan fingerprint density at radius 3 is 1.95 bits per heavy atom. The van der Waals surface area contributed by atoms with Crippen molar-refractivity contribution >= 4 is 24.5 Å². The fourth-order valence-electron chi connectivity index (χ4n) is 14.5. The predicted molar refractivity (Wildman–Crippen MR) is 236 cm³/mol. The summed E-state index contributed by atoms with van der Waals surface area (Å²) >= 11 is 1.67. The van der Waals surface area contributed by atoms with E-state index in [9.17, 15) is 0 Å². The van der Waals surface area contributed by atoms with E-state index in [4.69, 9.17) is 0 Å². The molecule has 4 aromatic carbocycles. The Bertz CT molecular complexity index is 2300. The number of hydrogen-bond acceptors (Lipinski definition) is 0. The number of rotatable bonds is 6. The van der Waals surface area contributed by atoms with Crippen LogP contribution < -0.4 is 30.0 Å². The SMILES string of the molecule is CCC1=C2c3c(cc(C4C(C5CCCCC5)=Cc5c(-c6ccc(C(C)(C)C)cc6)cccc54)c(c3-c3ccc(C45CC6CC(CC(C6)C4)C5)cc3)[Si]2(C)C)[CH]1[Zr+2].[Cl-].[Cl-]. The van der Waals surface area contributed by atoms with Gasteiger partial charge in [0.05, 0.1) is 0 Å². The fourth-order valence-corrected chi connectivity index (χ4v) is 20.4. The first-order chi connectivity index (χ1) is 26.9. The largest absolute Gasteiger partial charge is 1.00 e. The molecule has 2 unspecified atom stereocenters. The van der Waals surface area contributed by atoms with Crippen LogP contribution in [-0.4, -0.2) is 8.07 Å². The van der Waals surface area contributed by atoms with Gasteiger partial charge in [0.2, 0.25) is 0 Å². The van der Waals surface area contributed by atoms with Gasteiger partial charge < -0.3 is 24.8 Å². The topological polar surface area (TPSA) is 0 Å². The summed E-state index contributed by atoms with van der Waals surface area (Å²) < 4.78 is 0.595. The van der Waals surface area contributed by atoms with Crippen LogP contribution in [-0.2, 0) is 35.5 Å². The van der Waals surface area contributed by atoms with E-state index in [0.29, 0.717) is 20.9 Å². The van der Waals surface area contributed by atoms with E-state index in [1.165, 1.54) is 105 Å². The molecule has 0 amide bonds. The summed E-state index contributed by atoms with van der Waals surface area (Å²) in [5.74, 6) is 3.97. The molecule has 5 saturated carbocycles. The van der Waals surface area contributed by atoms with Crippen LogP contribution in [0.3, 0.4) is 0 Å². The molecule has 0 radical (unpaired) electrons. The minimum absolute atomic E-state index is 0. The van der Waals surface area contributed by atoms with Crippen LogP contribution in [0.15, 0.2) is 83.9 Å². The van der Waals surface area contributed by atoms with Gasteiger partial charge in [-0.1, -0.05) is 20.8 Å². The van der Waals surface area contributed by atoms with Crippen molar-refractivity contribution in [2.24, 2.45) is 23.7 Å². The minimum Gasteiger partial charge on any atom is -1.00 e. The van der Waals surface area contributed by atoms with Gasteiger partial charge in [0.1, 0.15) is 0 Å². The van der Waals surface area contributed by atoms with Crippen LogP contribution in [0.1, 0.15) is 153 Å². The molecule has 8 aliphatic rings. The summed E-state index contributed by atoms with van der Waals surface area (Å²) in [5, 5.41) is 3.61. The molecule has 0 nitrogen and oxygen atoms in total. The van der Waals surface area contributed by atoms with E-state index in [2.05, 4.69) is 120 Å². The minimum atomic E-state index is -2.01. The van der Waals surface area contributed by atoms with Gasteiger partial charge in [0, 0.05) is 0 Å². The maximum absolute atomic E-state index is 2.81. The first-order valence-electron chi connectivity index (χ1n) is 22.7. The molecule has 0 N–H and O–H groups in total. The Hall–Kier alpha value is -1.96. The van der Waals surface area contributed by atoms with Crippen molar-refractivity contribution in [2.45, 2.75) is 138 Å². The number of hydrogen-bond donors (Lipinski definition) is 0. The average molecular weight is 900 g/mol. The normalized spacial score (nSPS) is 28.7. The molecule has 5 fully saturated rings. The smallest absolute Gasteiger partial charge is 1.00 e. The zero-order valence-electron chi connectivity index (χ0n) is 35.7. The van der Waals surface area contributed by atoms with E-state index in [1.807, 2.05) is 5.20 Å². The Labute approximate surface area is 378 Å². The third-order valence-corrected chi connectivity index (χ3v) is 21.8. The van der Waals surface area contributed by atoms with Crippen LogP contribution in [0.25, 0.3) is 33.5 Å². The summed E-state index contributed by atoms with van der Waals surface area (Å²) in [7, 11) is -2.01. The molecule has 4 heteroatoms. The van der Waals surface area contributed by atoms with Crippen molar-refractivity contribution in [3.8, 4) is 22.3 Å². The Kier molecular flexibility index (Phi) is 10.6. The zero-order valence-corrected chi connectivity index (χ0v) is 40.7. The van der Waals surface area contributed by atoms with Crippen molar-refractivity contribution in [3.63, 3.8) is 0 Å². The Balaban J connectivity index is 0.00000218. The summed E-state index contributed by atoms with van der Waals surface area (Å²) in [6.45, 7) is 14.9. The molecule has 4 aromatic rings. The van der Waals surface area contributed by atoms with Gasteiger partial charge in [-0.2, -0.15) is 0 Å². The van der Waals surface area contributed by atoms with Gasteiger partial charge in [-0.05, 0) is 5.41 Å². The van der Waals surface area contributed by atoms with Crippen molar-refractivity contribution < 1.29 is 49.5 Å². The second-order valence-corrected chi connectivity index (χ2v) is 27.0. The molecule has 0 aromatic heterocycles. The van der Waals surface area contributed by atoms with Crippen LogP contribution in [0.4, 0.5) is 0 Å². The van der Waals surface area contributed by atoms with Gasteiger partial charge in [-0.15, -0.1) is 0 Å². The molecular weight excluding hydrogens is 839 g/mol. The quantitative estimate of drug-likeness (QED) is 0.172. The molecule has 7 aliphatic carbocycles. The summed E-state index contributed by atoms with van der Waals surface area (Å²) in [6, 6.07) is 30.2. The third kappa shape index (κ3) is 6.16. The molecule has 0 spiro atoms. The standard InChI is InChI=1S/C54H61Si.2ClH.Zr/c1-7-36-27-40-28-47(50-44-15-11-14-43(38-16-20-41(21-17-38)53(2,3)4)46(44)29-45(50)37-12-9-8-10-13-37)52-48(49(40)51(36)55(52,5)6)39-18-22-42(23-19-39)54-30-33-24-34(31-54)26-35(25-33)32-54;;;/h11,14-23,27-29,33-35,37,50H,7-10,12-13,24-26,30-32H2,1-6H3;2*1H;/q;;;+2/p-2. The maximum atomic E-state index is 2.81. The summed E-state index contributed by atoms with van der Waals surface area (Å²) in [4.78, 5) is 0. The summed E-state index contributed by atoms with van der Waals surface area (Å²) in [5.41, 5.74) is 21.3. The molecule has 6 bridgehead atoms. The first kappa shape index (κ1) is 41.4. The van der Waals surface area contributed by atoms with Gasteiger partial charge in [0.25, 0.3) is 0 Å². The van der Waals surface area contributed by atoms with E-state index in [1.54, 1.807) is 74.4 Å². The Morgan fingerprint density at radius 2 is 1.34 bits per heavy atom. The van der Waals surface area contributed by atoms with Crippen molar-refractivity contribution in [2.75, 3.05) is 0 Å². The second kappa shape index (κ2) is 14.8. The monoisotopic (exact) mass is 897 g/mol. The second-order valence-electron chi connectivity index (χ2n) is 21.3. The van der Waals surface area contributed by atoms with E-state index < -0.39 is 8.07 Å². The van der Waals surface area contributed by atoms with Gasteiger partial charge in [-0.25, -0.2) is 0 Å². The van der Waals surface area contributed by atoms with Crippen molar-refractivity contribution in [1.82, 2.24) is 0 Å². The van der Waals surface area contributed by atoms with Gasteiger partial charge >= 0.3 is 330 Å². The molecule has 1 aliphatic heterocycles. The molecule has 0 saturated heterocycles. The molecule has 1 heterocycles. The van der Waals surface area contributed by atoms with Gasteiger partial charge in [0.15, 0.2) is 0 Å². The van der Waals surface area contributed by atoms with Crippen LogP contribution in [0.2, 0.25) is 13.1 Å². The molecule has 2 atom stereocenters. The molecular formula is C54H61Cl2SiZr. The summed E-state index contributed by atoms with van der Waals surface area (Å²) in [6.07, 6.45) is 19.6. The van der Waals surface area contributed by atoms with Crippen molar-refractivity contribution in [1.29, 1.82) is 0 Å². The zero-order chi connectivity index (χ0) is 38.3. The number of halogens is 2. The van der Waals surface area contributed by atoms with E-state index in [-0.39, 0.29) is 30.2 Å². The predicted octanol–water partition coefficient (Wildman–Crippen LogP) is 8.14. The number of fused-ring (bicyclic) bond motifs is 2. The van der Waals surface area contributed by atoms with Gasteiger partial charge in [-0.3, -0.25) is 0 Å². The fraction of sp³-hybridized carbons (Fsp3) is 0.481. The molecule has 58 heavy (non-hydrogen) atoms. The van der Waals surface area contributed by atoms with Crippen molar-refractivity contribution in [3.05, 3.63) is 123 Å². The van der Waals surface area contributed by atoms with E-state index in [0.717, 1.165) is 17.8 Å². The average Bonchev–Trinajstić information content (AvgIpc) is 3.77. The number of benzene rings is 4. The molecule has 299 valence electrons. The number of allylic oxidation sites excluding steroid dienone is 2. The first-order valence-corrected chi connectivity index (χ1v) is 27.1. The van der Waals surface area contributed by atoms with E-state index >= 15 is 0 Å². The maximum Gasteiger partial charge on any atom is -1.00 e. The molecule has 12 rings (SSSR count). The van der Waals surface area contributed by atoms with Crippen LogP contribution in [0.5, 0.6) is 0 Å². The van der Waals surface area contributed by atoms with Crippen LogP contribution in [0, 0.1) is 23.7 Å². The van der Waals surface area contributed by atoms with Crippen LogP contribution >= 0.6 is 0 Å². The Morgan fingerprint density at radius 1 is 0.724 bits per heavy atom.